The Hall–Kier alpha value is -1.82. The Kier molecular flexibility index (Phi) is 4.26. The summed E-state index contributed by atoms with van der Waals surface area (Å²) >= 11 is 1.34. The first kappa shape index (κ1) is 17.3. The van der Waals surface area contributed by atoms with Crippen molar-refractivity contribution in [3.05, 3.63) is 30.3 Å². The molecule has 0 aliphatic heterocycles. The van der Waals surface area contributed by atoms with Crippen molar-refractivity contribution in [3.8, 4) is 11.5 Å². The number of rotatable bonds is 5. The zero-order chi connectivity index (χ0) is 18.4. The molecule has 1 N–H and O–H groups in total. The summed E-state index contributed by atoms with van der Waals surface area (Å²) in [6.45, 7) is 1.92. The Morgan fingerprint density at radius 1 is 1.11 bits per heavy atom. The van der Waals surface area contributed by atoms with Gasteiger partial charge in [0, 0.05) is 11.1 Å². The molecule has 5 nitrogen and oxygen atoms in total. The van der Waals surface area contributed by atoms with Crippen molar-refractivity contribution in [1.82, 2.24) is 15.5 Å². The average Bonchev–Trinajstić information content (AvgIpc) is 3.09. The summed E-state index contributed by atoms with van der Waals surface area (Å²) in [7, 11) is 0. The second kappa shape index (κ2) is 6.66. The van der Waals surface area contributed by atoms with Crippen LogP contribution in [0.3, 0.4) is 0 Å². The fraction of sp³-hybridized carbons (Fsp3) is 0.571. The lowest BCUT2D eigenvalue weighted by Gasteiger charge is -2.57. The fourth-order valence-corrected chi connectivity index (χ4v) is 6.47. The lowest BCUT2D eigenvalue weighted by atomic mass is 9.53. The molecule has 1 atom stereocenters. The van der Waals surface area contributed by atoms with Crippen molar-refractivity contribution in [3.63, 3.8) is 0 Å². The minimum atomic E-state index is -0.248. The first-order valence-electron chi connectivity index (χ1n) is 9.96. The molecule has 4 aliphatic carbocycles. The van der Waals surface area contributed by atoms with Crippen molar-refractivity contribution in [2.24, 2.45) is 17.8 Å². The van der Waals surface area contributed by atoms with E-state index in [0.717, 1.165) is 23.3 Å². The summed E-state index contributed by atoms with van der Waals surface area (Å²) in [4.78, 5) is 12.9. The predicted molar refractivity (Wildman–Crippen MR) is 104 cm³/mol. The van der Waals surface area contributed by atoms with E-state index < -0.39 is 0 Å². The van der Waals surface area contributed by atoms with Gasteiger partial charge in [0.25, 0.3) is 5.22 Å². The SMILES string of the molecule is CC(Sc1nnc(-c2ccccc2)o1)C(=O)NC12CC3CC(CC(C3)C1)C2. The van der Waals surface area contributed by atoms with E-state index in [4.69, 9.17) is 4.42 Å². The number of thioether (sulfide) groups is 1. The Morgan fingerprint density at radius 3 is 2.37 bits per heavy atom. The summed E-state index contributed by atoms with van der Waals surface area (Å²) in [5.74, 6) is 3.06. The number of amides is 1. The van der Waals surface area contributed by atoms with Crippen LogP contribution in [0.2, 0.25) is 0 Å². The van der Waals surface area contributed by atoms with Gasteiger partial charge < -0.3 is 9.73 Å². The summed E-state index contributed by atoms with van der Waals surface area (Å²) in [5.41, 5.74) is 0.938. The van der Waals surface area contributed by atoms with Crippen molar-refractivity contribution >= 4 is 17.7 Å². The molecular formula is C21H25N3O2S. The molecule has 4 bridgehead atoms. The molecule has 4 fully saturated rings. The monoisotopic (exact) mass is 383 g/mol. The van der Waals surface area contributed by atoms with Crippen molar-refractivity contribution in [2.75, 3.05) is 0 Å². The Morgan fingerprint density at radius 2 is 1.74 bits per heavy atom. The summed E-state index contributed by atoms with van der Waals surface area (Å²) in [5, 5.41) is 11.8. The highest BCUT2D eigenvalue weighted by Crippen LogP contribution is 2.55. The Labute approximate surface area is 163 Å². The molecule has 4 saturated carbocycles. The van der Waals surface area contributed by atoms with Crippen LogP contribution >= 0.6 is 11.8 Å². The van der Waals surface area contributed by atoms with E-state index >= 15 is 0 Å². The number of nitrogens with one attached hydrogen (secondary N) is 1. The standard InChI is InChI=1S/C21H25N3O2S/c1-13(27-20-24-23-19(26-20)17-5-3-2-4-6-17)18(25)22-21-10-14-7-15(11-21)9-16(8-14)12-21/h2-6,13-16H,7-12H2,1H3,(H,22,25). The molecule has 0 saturated heterocycles. The van der Waals surface area contributed by atoms with Gasteiger partial charge in [-0.3, -0.25) is 4.79 Å². The highest BCUT2D eigenvalue weighted by Gasteiger charge is 2.51. The van der Waals surface area contributed by atoms with Crippen LogP contribution in [0, 0.1) is 17.8 Å². The molecule has 6 rings (SSSR count). The van der Waals surface area contributed by atoms with Crippen LogP contribution in [0.25, 0.3) is 11.5 Å². The number of hydrogen-bond donors (Lipinski definition) is 1. The molecule has 27 heavy (non-hydrogen) atoms. The number of carbonyl (C=O) groups excluding carboxylic acids is 1. The van der Waals surface area contributed by atoms with Gasteiger partial charge in [0.2, 0.25) is 11.8 Å². The van der Waals surface area contributed by atoms with Gasteiger partial charge in [-0.1, -0.05) is 30.0 Å². The molecule has 142 valence electrons. The van der Waals surface area contributed by atoms with Crippen molar-refractivity contribution in [2.45, 2.75) is 61.5 Å². The first-order valence-corrected chi connectivity index (χ1v) is 10.8. The van der Waals surface area contributed by atoms with E-state index in [1.807, 2.05) is 37.3 Å². The maximum Gasteiger partial charge on any atom is 0.277 e. The lowest BCUT2D eigenvalue weighted by Crippen LogP contribution is -2.60. The molecule has 0 spiro atoms. The van der Waals surface area contributed by atoms with Crippen LogP contribution in [0.1, 0.15) is 45.4 Å². The van der Waals surface area contributed by atoms with Gasteiger partial charge in [-0.05, 0) is 75.3 Å². The molecule has 4 aliphatic rings. The number of benzene rings is 1. The minimum Gasteiger partial charge on any atom is -0.411 e. The first-order chi connectivity index (χ1) is 13.1. The zero-order valence-electron chi connectivity index (χ0n) is 15.6. The molecule has 1 heterocycles. The van der Waals surface area contributed by atoms with Crippen LogP contribution in [0.15, 0.2) is 40.0 Å². The van der Waals surface area contributed by atoms with Gasteiger partial charge in [-0.2, -0.15) is 0 Å². The van der Waals surface area contributed by atoms with Crippen LogP contribution in [-0.4, -0.2) is 26.9 Å². The highest BCUT2D eigenvalue weighted by atomic mass is 32.2. The quantitative estimate of drug-likeness (QED) is 0.780. The largest absolute Gasteiger partial charge is 0.411 e. The van der Waals surface area contributed by atoms with E-state index in [1.54, 1.807) is 0 Å². The number of aromatic nitrogens is 2. The molecule has 0 radical (unpaired) electrons. The van der Waals surface area contributed by atoms with Gasteiger partial charge in [-0.25, -0.2) is 0 Å². The minimum absolute atomic E-state index is 0.0463. The van der Waals surface area contributed by atoms with Gasteiger partial charge in [0.1, 0.15) is 0 Å². The number of hydrogen-bond acceptors (Lipinski definition) is 5. The van der Waals surface area contributed by atoms with Crippen molar-refractivity contribution in [1.29, 1.82) is 0 Å². The summed E-state index contributed by atoms with van der Waals surface area (Å²) in [6, 6.07) is 9.70. The van der Waals surface area contributed by atoms with E-state index in [2.05, 4.69) is 15.5 Å². The van der Waals surface area contributed by atoms with E-state index in [9.17, 15) is 4.79 Å². The zero-order valence-corrected chi connectivity index (χ0v) is 16.4. The molecule has 2 aromatic rings. The highest BCUT2D eigenvalue weighted by molar-refractivity contribution is 8.00. The van der Waals surface area contributed by atoms with Gasteiger partial charge in [0.15, 0.2) is 0 Å². The van der Waals surface area contributed by atoms with Crippen LogP contribution < -0.4 is 5.32 Å². The second-order valence-corrected chi connectivity index (χ2v) is 9.98. The van der Waals surface area contributed by atoms with E-state index in [0.29, 0.717) is 11.1 Å². The predicted octanol–water partition coefficient (Wildman–Crippen LogP) is 4.30. The number of nitrogens with zero attached hydrogens (tertiary/aromatic N) is 2. The normalized spacial score (nSPS) is 32.4. The van der Waals surface area contributed by atoms with Gasteiger partial charge >= 0.3 is 0 Å². The van der Waals surface area contributed by atoms with Crippen LogP contribution in [-0.2, 0) is 4.79 Å². The summed E-state index contributed by atoms with van der Waals surface area (Å²) in [6.07, 6.45) is 7.64. The molecule has 1 amide bonds. The topological polar surface area (TPSA) is 68.0 Å². The van der Waals surface area contributed by atoms with E-state index in [1.165, 1.54) is 50.3 Å². The summed E-state index contributed by atoms with van der Waals surface area (Å²) < 4.78 is 5.75. The smallest absolute Gasteiger partial charge is 0.277 e. The molecule has 6 heteroatoms. The lowest BCUT2D eigenvalue weighted by molar-refractivity contribution is -0.126. The third kappa shape index (κ3) is 3.40. The molecular weight excluding hydrogens is 358 g/mol. The van der Waals surface area contributed by atoms with Crippen molar-refractivity contribution < 1.29 is 9.21 Å². The van der Waals surface area contributed by atoms with Crippen LogP contribution in [0.4, 0.5) is 0 Å². The molecule has 1 aromatic heterocycles. The Balaban J connectivity index is 1.23. The fourth-order valence-electron chi connectivity index (χ4n) is 5.79. The van der Waals surface area contributed by atoms with E-state index in [-0.39, 0.29) is 16.7 Å². The molecule has 1 aromatic carbocycles. The maximum atomic E-state index is 12.9. The van der Waals surface area contributed by atoms with Crippen LogP contribution in [0.5, 0.6) is 0 Å². The third-order valence-electron chi connectivity index (χ3n) is 6.50. The maximum absolute atomic E-state index is 12.9. The Bertz CT molecular complexity index is 800. The van der Waals surface area contributed by atoms with Gasteiger partial charge in [-0.15, -0.1) is 10.2 Å². The average molecular weight is 384 g/mol. The second-order valence-electron chi connectivity index (χ2n) is 8.69. The molecule has 1 unspecified atom stereocenters. The third-order valence-corrected chi connectivity index (χ3v) is 7.43. The van der Waals surface area contributed by atoms with Gasteiger partial charge in [0.05, 0.1) is 5.25 Å². The number of carbonyl (C=O) groups is 1.